The molecule has 0 bridgehead atoms. The molecule has 0 aromatic heterocycles. The minimum absolute atomic E-state index is 0.164. The van der Waals surface area contributed by atoms with Crippen LogP contribution in [0.5, 0.6) is 0 Å². The Morgan fingerprint density at radius 2 is 1.69 bits per heavy atom. The van der Waals surface area contributed by atoms with Crippen molar-refractivity contribution in [1.82, 2.24) is 9.80 Å². The van der Waals surface area contributed by atoms with Gasteiger partial charge in [-0.2, -0.15) is 0 Å². The highest BCUT2D eigenvalue weighted by atomic mass is 35.5. The Labute approximate surface area is 162 Å². The molecular weight excluding hydrogens is 344 g/mol. The number of hydrogen-bond donors (Lipinski definition) is 0. The average molecular weight is 375 g/mol. The van der Waals surface area contributed by atoms with E-state index in [-0.39, 0.29) is 5.92 Å². The van der Waals surface area contributed by atoms with Crippen molar-refractivity contribution >= 4 is 17.5 Å². The fourth-order valence-electron chi connectivity index (χ4n) is 4.84. The van der Waals surface area contributed by atoms with E-state index < -0.39 is 0 Å². The lowest BCUT2D eigenvalue weighted by Crippen LogP contribution is -2.42. The number of carbonyl (C=O) groups is 1. The van der Waals surface area contributed by atoms with Crippen LogP contribution < -0.4 is 0 Å². The molecule has 1 aromatic carbocycles. The van der Waals surface area contributed by atoms with Gasteiger partial charge in [0.15, 0.2) is 0 Å². The van der Waals surface area contributed by atoms with E-state index in [4.69, 9.17) is 11.6 Å². The first-order valence-electron chi connectivity index (χ1n) is 10.5. The van der Waals surface area contributed by atoms with Gasteiger partial charge in [-0.15, -0.1) is 0 Å². The van der Waals surface area contributed by atoms with Crippen molar-refractivity contribution in [2.24, 2.45) is 11.8 Å². The molecule has 0 N–H and O–H groups in total. The smallest absolute Gasteiger partial charge is 0.226 e. The van der Waals surface area contributed by atoms with E-state index in [1.54, 1.807) is 0 Å². The molecule has 3 aliphatic rings. The Morgan fingerprint density at radius 3 is 2.38 bits per heavy atom. The molecule has 2 atom stereocenters. The first-order valence-corrected chi connectivity index (χ1v) is 10.9. The van der Waals surface area contributed by atoms with Crippen LogP contribution in [0.1, 0.15) is 56.4 Å². The van der Waals surface area contributed by atoms with Gasteiger partial charge >= 0.3 is 0 Å². The third kappa shape index (κ3) is 4.26. The summed E-state index contributed by atoms with van der Waals surface area (Å²) in [5, 5.41) is 0.809. The summed E-state index contributed by atoms with van der Waals surface area (Å²) in [4.78, 5) is 17.7. The predicted molar refractivity (Wildman–Crippen MR) is 107 cm³/mol. The van der Waals surface area contributed by atoms with E-state index in [1.807, 2.05) is 18.2 Å². The number of piperidine rings is 1. The number of nitrogens with zero attached hydrogens (tertiary/aromatic N) is 2. The summed E-state index contributed by atoms with van der Waals surface area (Å²) >= 11 is 6.31. The minimum atomic E-state index is 0.164. The van der Waals surface area contributed by atoms with Gasteiger partial charge in [-0.05, 0) is 68.7 Å². The van der Waals surface area contributed by atoms with Gasteiger partial charge in [0.25, 0.3) is 0 Å². The normalized spacial score (nSPS) is 28.0. The minimum Gasteiger partial charge on any atom is -0.342 e. The van der Waals surface area contributed by atoms with Crippen LogP contribution in [0.4, 0.5) is 0 Å². The van der Waals surface area contributed by atoms with Crippen LogP contribution in [0, 0.1) is 11.8 Å². The molecule has 2 aliphatic heterocycles. The van der Waals surface area contributed by atoms with Crippen molar-refractivity contribution in [1.29, 1.82) is 0 Å². The number of likely N-dealkylation sites (tertiary alicyclic amines) is 2. The van der Waals surface area contributed by atoms with Crippen molar-refractivity contribution in [3.63, 3.8) is 0 Å². The van der Waals surface area contributed by atoms with Gasteiger partial charge in [0, 0.05) is 30.6 Å². The van der Waals surface area contributed by atoms with E-state index >= 15 is 0 Å². The second kappa shape index (κ2) is 8.31. The van der Waals surface area contributed by atoms with Crippen molar-refractivity contribution < 1.29 is 4.79 Å². The summed E-state index contributed by atoms with van der Waals surface area (Å²) in [6.07, 6.45) is 8.84. The Bertz CT molecular complexity index is 618. The number of rotatable bonds is 4. The molecule has 0 spiro atoms. The van der Waals surface area contributed by atoms with Crippen molar-refractivity contribution in [2.45, 2.75) is 50.9 Å². The van der Waals surface area contributed by atoms with Crippen LogP contribution in [-0.4, -0.2) is 48.4 Å². The summed E-state index contributed by atoms with van der Waals surface area (Å²) < 4.78 is 0. The Kier molecular flexibility index (Phi) is 5.85. The third-order valence-electron chi connectivity index (χ3n) is 6.55. The van der Waals surface area contributed by atoms with E-state index in [0.29, 0.717) is 11.8 Å². The molecule has 3 fully saturated rings. The van der Waals surface area contributed by atoms with Crippen LogP contribution in [-0.2, 0) is 4.79 Å². The zero-order valence-corrected chi connectivity index (χ0v) is 16.5. The summed E-state index contributed by atoms with van der Waals surface area (Å²) in [6.45, 7) is 5.70. The second-order valence-electron chi connectivity index (χ2n) is 8.45. The molecule has 142 valence electrons. The molecule has 2 heterocycles. The van der Waals surface area contributed by atoms with Crippen LogP contribution in [0.15, 0.2) is 24.3 Å². The molecule has 2 saturated heterocycles. The number of halogens is 1. The highest BCUT2D eigenvalue weighted by molar-refractivity contribution is 6.31. The molecule has 1 amide bonds. The first kappa shape index (κ1) is 18.3. The lowest BCUT2D eigenvalue weighted by atomic mass is 9.95. The fourth-order valence-corrected chi connectivity index (χ4v) is 5.12. The van der Waals surface area contributed by atoms with Gasteiger partial charge in [0.1, 0.15) is 0 Å². The SMILES string of the molecule is O=C(C1CC1c1ccccc1Cl)N1CCC(CN2CCCCCC2)CC1. The molecule has 1 aliphatic carbocycles. The largest absolute Gasteiger partial charge is 0.342 e. The lowest BCUT2D eigenvalue weighted by Gasteiger charge is -2.35. The Hall–Kier alpha value is -1.06. The molecule has 3 nitrogen and oxygen atoms in total. The van der Waals surface area contributed by atoms with E-state index in [0.717, 1.165) is 36.0 Å². The highest BCUT2D eigenvalue weighted by Gasteiger charge is 2.46. The zero-order valence-electron chi connectivity index (χ0n) is 15.7. The second-order valence-corrected chi connectivity index (χ2v) is 8.86. The van der Waals surface area contributed by atoms with Crippen LogP contribution in [0.2, 0.25) is 5.02 Å². The average Bonchev–Trinajstić information content (AvgIpc) is 3.47. The molecule has 1 aromatic rings. The van der Waals surface area contributed by atoms with Crippen LogP contribution in [0.25, 0.3) is 0 Å². The summed E-state index contributed by atoms with van der Waals surface area (Å²) in [5.74, 6) is 1.64. The van der Waals surface area contributed by atoms with Crippen LogP contribution >= 0.6 is 11.6 Å². The molecular formula is C22H31ClN2O. The topological polar surface area (TPSA) is 23.6 Å². The van der Waals surface area contributed by atoms with E-state index in [9.17, 15) is 4.79 Å². The maximum Gasteiger partial charge on any atom is 0.226 e. The third-order valence-corrected chi connectivity index (χ3v) is 6.90. The number of hydrogen-bond acceptors (Lipinski definition) is 2. The van der Waals surface area contributed by atoms with Crippen LogP contribution in [0.3, 0.4) is 0 Å². The van der Waals surface area contributed by atoms with Gasteiger partial charge in [-0.3, -0.25) is 4.79 Å². The van der Waals surface area contributed by atoms with E-state index in [2.05, 4.69) is 15.9 Å². The molecule has 0 radical (unpaired) electrons. The number of amides is 1. The fraction of sp³-hybridized carbons (Fsp3) is 0.682. The predicted octanol–water partition coefficient (Wildman–Crippen LogP) is 4.56. The number of benzene rings is 1. The van der Waals surface area contributed by atoms with Crippen molar-refractivity contribution in [3.8, 4) is 0 Å². The van der Waals surface area contributed by atoms with Gasteiger partial charge in [0.05, 0.1) is 0 Å². The first-order chi connectivity index (χ1) is 12.7. The molecule has 2 unspecified atom stereocenters. The maximum atomic E-state index is 12.9. The lowest BCUT2D eigenvalue weighted by molar-refractivity contribution is -0.134. The van der Waals surface area contributed by atoms with Gasteiger partial charge in [-0.25, -0.2) is 0 Å². The summed E-state index contributed by atoms with van der Waals surface area (Å²) in [7, 11) is 0. The Balaban J connectivity index is 1.25. The molecule has 4 heteroatoms. The zero-order chi connectivity index (χ0) is 17.9. The van der Waals surface area contributed by atoms with Gasteiger partial charge in [0.2, 0.25) is 5.91 Å². The monoisotopic (exact) mass is 374 g/mol. The summed E-state index contributed by atoms with van der Waals surface area (Å²) in [5.41, 5.74) is 1.16. The van der Waals surface area contributed by atoms with Gasteiger partial charge in [-0.1, -0.05) is 42.6 Å². The summed E-state index contributed by atoms with van der Waals surface area (Å²) in [6, 6.07) is 7.99. The van der Waals surface area contributed by atoms with Crippen molar-refractivity contribution in [3.05, 3.63) is 34.9 Å². The van der Waals surface area contributed by atoms with E-state index in [1.165, 1.54) is 58.2 Å². The standard InChI is InChI=1S/C22H31ClN2O/c23-21-8-4-3-7-18(21)19-15-20(19)22(26)25-13-9-17(10-14-25)16-24-11-5-1-2-6-12-24/h3-4,7-8,17,19-20H,1-2,5-6,9-16H2. The van der Waals surface area contributed by atoms with Gasteiger partial charge < -0.3 is 9.80 Å². The molecule has 4 rings (SSSR count). The Morgan fingerprint density at radius 1 is 1.00 bits per heavy atom. The maximum absolute atomic E-state index is 12.9. The van der Waals surface area contributed by atoms with Crippen molar-refractivity contribution in [2.75, 3.05) is 32.7 Å². The quantitative estimate of drug-likeness (QED) is 0.771. The molecule has 1 saturated carbocycles. The highest BCUT2D eigenvalue weighted by Crippen LogP contribution is 2.50. The molecule has 26 heavy (non-hydrogen) atoms. The number of carbonyl (C=O) groups excluding carboxylic acids is 1.